The third-order valence-corrected chi connectivity index (χ3v) is 4.16. The van der Waals surface area contributed by atoms with E-state index in [1.54, 1.807) is 0 Å². The van der Waals surface area contributed by atoms with Crippen LogP contribution in [-0.4, -0.2) is 29.4 Å². The van der Waals surface area contributed by atoms with E-state index in [1.165, 1.54) is 10.9 Å². The Morgan fingerprint density at radius 2 is 1.73 bits per heavy atom. The van der Waals surface area contributed by atoms with Gasteiger partial charge in [-0.1, -0.05) is 48.5 Å². The van der Waals surface area contributed by atoms with Crippen LogP contribution >= 0.6 is 0 Å². The lowest BCUT2D eigenvalue weighted by molar-refractivity contribution is 0.132. The summed E-state index contributed by atoms with van der Waals surface area (Å²) < 4.78 is 2.20. The summed E-state index contributed by atoms with van der Waals surface area (Å²) in [5.41, 5.74) is 3.50. The summed E-state index contributed by atoms with van der Waals surface area (Å²) in [4.78, 5) is 0. The molecule has 0 fully saturated rings. The minimum absolute atomic E-state index is 0.104. The highest BCUT2D eigenvalue weighted by molar-refractivity contribution is 5.84. The molecule has 0 saturated heterocycles. The first kappa shape index (κ1) is 14.8. The lowest BCUT2D eigenvalue weighted by Crippen LogP contribution is -2.33. The molecule has 1 unspecified atom stereocenters. The maximum atomic E-state index is 10.7. The Hall–Kier alpha value is -2.10. The van der Waals surface area contributed by atoms with Crippen molar-refractivity contribution in [2.24, 2.45) is 0 Å². The van der Waals surface area contributed by atoms with Gasteiger partial charge in [-0.25, -0.2) is 0 Å². The van der Waals surface area contributed by atoms with Gasteiger partial charge in [0.15, 0.2) is 0 Å². The molecule has 2 atom stereocenters. The summed E-state index contributed by atoms with van der Waals surface area (Å²) in [5.74, 6) is 0. The van der Waals surface area contributed by atoms with Crippen molar-refractivity contribution in [1.82, 2.24) is 9.88 Å². The van der Waals surface area contributed by atoms with Crippen LogP contribution in [0, 0.1) is 6.92 Å². The van der Waals surface area contributed by atoms with Gasteiger partial charge in [0.25, 0.3) is 0 Å². The van der Waals surface area contributed by atoms with E-state index >= 15 is 0 Å². The molecule has 0 aliphatic carbocycles. The van der Waals surface area contributed by atoms with Crippen LogP contribution in [-0.2, 0) is 0 Å². The molecule has 0 aliphatic rings. The lowest BCUT2D eigenvalue weighted by Gasteiger charge is -2.26. The van der Waals surface area contributed by atoms with E-state index in [1.807, 2.05) is 31.3 Å². The van der Waals surface area contributed by atoms with Gasteiger partial charge in [-0.05, 0) is 31.2 Å². The molecule has 0 aliphatic heterocycles. The predicted octanol–water partition coefficient (Wildman–Crippen LogP) is 3.12. The number of aryl methyl sites for hydroxylation is 1. The quantitative estimate of drug-likeness (QED) is 0.758. The number of aliphatic hydroxyl groups excluding tert-OH is 1. The normalized spacial score (nSPS) is 14.1. The Balaban J connectivity index is 2.16. The third kappa shape index (κ3) is 2.65. The number of fused-ring (bicyclic) bond motifs is 1. The first-order valence-corrected chi connectivity index (χ1v) is 7.66. The molecular weight excluding hydrogens is 272 g/mol. The molecule has 0 amide bonds. The molecule has 3 aromatic rings. The van der Waals surface area contributed by atoms with Crippen LogP contribution < -0.4 is 5.32 Å². The van der Waals surface area contributed by atoms with Gasteiger partial charge in [0, 0.05) is 23.6 Å². The molecule has 2 aromatic carbocycles. The van der Waals surface area contributed by atoms with E-state index in [-0.39, 0.29) is 6.04 Å². The average molecular weight is 294 g/mol. The average Bonchev–Trinajstić information content (AvgIpc) is 2.86. The molecular formula is C19H22N2O. The van der Waals surface area contributed by atoms with Crippen molar-refractivity contribution in [3.8, 4) is 0 Å². The fraction of sp³-hybridized carbons (Fsp3) is 0.263. The summed E-state index contributed by atoms with van der Waals surface area (Å²) in [7, 11) is 1.87. The van der Waals surface area contributed by atoms with Crippen molar-refractivity contribution in [3.63, 3.8) is 0 Å². The minimum Gasteiger partial charge on any atom is -0.389 e. The molecule has 0 saturated carbocycles. The van der Waals surface area contributed by atoms with Crippen LogP contribution in [0.5, 0.6) is 0 Å². The van der Waals surface area contributed by atoms with Crippen LogP contribution in [0.2, 0.25) is 0 Å². The largest absolute Gasteiger partial charge is 0.389 e. The highest BCUT2D eigenvalue weighted by atomic mass is 16.3. The topological polar surface area (TPSA) is 37.2 Å². The van der Waals surface area contributed by atoms with Gasteiger partial charge in [-0.2, -0.15) is 0 Å². The summed E-state index contributed by atoms with van der Waals surface area (Å²) >= 11 is 0. The number of para-hydroxylation sites is 1. The Labute approximate surface area is 131 Å². The van der Waals surface area contributed by atoms with Gasteiger partial charge in [-0.15, -0.1) is 0 Å². The zero-order chi connectivity index (χ0) is 15.5. The van der Waals surface area contributed by atoms with Crippen LogP contribution in [0.1, 0.15) is 17.2 Å². The van der Waals surface area contributed by atoms with E-state index < -0.39 is 6.10 Å². The van der Waals surface area contributed by atoms with Crippen LogP contribution in [0.4, 0.5) is 0 Å². The van der Waals surface area contributed by atoms with Crippen molar-refractivity contribution in [2.75, 3.05) is 13.6 Å². The maximum absolute atomic E-state index is 10.7. The van der Waals surface area contributed by atoms with E-state index in [0.717, 1.165) is 11.1 Å². The summed E-state index contributed by atoms with van der Waals surface area (Å²) in [6.45, 7) is 2.66. The molecule has 22 heavy (non-hydrogen) atoms. The number of aliphatic hydroxyl groups is 1. The van der Waals surface area contributed by atoms with Gasteiger partial charge in [0.1, 0.15) is 0 Å². The molecule has 114 valence electrons. The fourth-order valence-electron chi connectivity index (χ4n) is 3.15. The molecule has 0 bridgehead atoms. The van der Waals surface area contributed by atoms with Crippen molar-refractivity contribution >= 4 is 10.9 Å². The van der Waals surface area contributed by atoms with Gasteiger partial charge in [0.2, 0.25) is 0 Å². The zero-order valence-electron chi connectivity index (χ0n) is 13.0. The molecule has 2 N–H and O–H groups in total. The Bertz CT molecular complexity index is 748. The number of hydrogen-bond donors (Lipinski definition) is 2. The second kappa shape index (κ2) is 6.34. The Kier molecular flexibility index (Phi) is 4.27. The molecule has 0 radical (unpaired) electrons. The number of nitrogens with zero attached hydrogens (tertiary/aromatic N) is 1. The summed E-state index contributed by atoms with van der Waals surface area (Å²) in [5, 5.41) is 15.0. The first-order valence-electron chi connectivity index (χ1n) is 7.66. The number of nitrogens with one attached hydrogen (secondary N) is 1. The Morgan fingerprint density at radius 1 is 1.05 bits per heavy atom. The second-order valence-corrected chi connectivity index (χ2v) is 5.72. The standard InChI is InChI=1S/C19H22N2O/c1-14-13-21(17-11-7-6-10-16(14)17)19(18(22)12-20-2)15-8-4-3-5-9-15/h3-11,13,18-20,22H,12H2,1-2H3/t18-,19?/m1/s1. The number of likely N-dealkylation sites (N-methyl/N-ethyl adjacent to an activating group) is 1. The molecule has 3 nitrogen and oxygen atoms in total. The highest BCUT2D eigenvalue weighted by Gasteiger charge is 2.24. The number of hydrogen-bond acceptors (Lipinski definition) is 2. The predicted molar refractivity (Wildman–Crippen MR) is 91.2 cm³/mol. The smallest absolute Gasteiger partial charge is 0.0912 e. The second-order valence-electron chi connectivity index (χ2n) is 5.72. The van der Waals surface area contributed by atoms with Gasteiger partial charge < -0.3 is 15.0 Å². The number of benzene rings is 2. The fourth-order valence-corrected chi connectivity index (χ4v) is 3.15. The molecule has 3 rings (SSSR count). The van der Waals surface area contributed by atoms with E-state index in [2.05, 4.69) is 53.3 Å². The molecule has 1 heterocycles. The highest BCUT2D eigenvalue weighted by Crippen LogP contribution is 2.29. The first-order chi connectivity index (χ1) is 10.7. The lowest BCUT2D eigenvalue weighted by atomic mass is 10.0. The molecule has 1 aromatic heterocycles. The van der Waals surface area contributed by atoms with Gasteiger partial charge in [-0.3, -0.25) is 0 Å². The van der Waals surface area contributed by atoms with Crippen LogP contribution in [0.15, 0.2) is 60.8 Å². The number of aromatic nitrogens is 1. The summed E-state index contributed by atoms with van der Waals surface area (Å²) in [6, 6.07) is 18.4. The zero-order valence-corrected chi connectivity index (χ0v) is 13.0. The van der Waals surface area contributed by atoms with E-state index in [9.17, 15) is 5.11 Å². The molecule has 3 heteroatoms. The third-order valence-electron chi connectivity index (χ3n) is 4.16. The van der Waals surface area contributed by atoms with Crippen molar-refractivity contribution in [2.45, 2.75) is 19.1 Å². The monoisotopic (exact) mass is 294 g/mol. The van der Waals surface area contributed by atoms with Crippen molar-refractivity contribution in [1.29, 1.82) is 0 Å². The SMILES string of the molecule is CNC[C@@H](O)C(c1ccccc1)n1cc(C)c2ccccc21. The van der Waals surface area contributed by atoms with Crippen molar-refractivity contribution in [3.05, 3.63) is 71.9 Å². The van der Waals surface area contributed by atoms with Crippen LogP contribution in [0.3, 0.4) is 0 Å². The minimum atomic E-state index is -0.498. The van der Waals surface area contributed by atoms with Crippen LogP contribution in [0.25, 0.3) is 10.9 Å². The van der Waals surface area contributed by atoms with Crippen molar-refractivity contribution < 1.29 is 5.11 Å². The number of rotatable bonds is 5. The van der Waals surface area contributed by atoms with E-state index in [0.29, 0.717) is 6.54 Å². The van der Waals surface area contributed by atoms with Gasteiger partial charge >= 0.3 is 0 Å². The van der Waals surface area contributed by atoms with Gasteiger partial charge in [0.05, 0.1) is 12.1 Å². The maximum Gasteiger partial charge on any atom is 0.0912 e. The van der Waals surface area contributed by atoms with E-state index in [4.69, 9.17) is 0 Å². The summed E-state index contributed by atoms with van der Waals surface area (Å²) in [6.07, 6.45) is 1.64. The molecule has 0 spiro atoms. The Morgan fingerprint density at radius 3 is 2.45 bits per heavy atom.